The fraction of sp³-hybridized carbons (Fsp3) is 0.200. The third kappa shape index (κ3) is 6.34. The van der Waals surface area contributed by atoms with Crippen molar-refractivity contribution >= 4 is 45.0 Å². The van der Waals surface area contributed by atoms with Crippen LogP contribution in [0.2, 0.25) is 0 Å². The van der Waals surface area contributed by atoms with Crippen LogP contribution in [0.5, 0.6) is 5.75 Å². The lowest BCUT2D eigenvalue weighted by Gasteiger charge is -2.24. The van der Waals surface area contributed by atoms with E-state index in [1.54, 1.807) is 54.6 Å². The fourth-order valence-electron chi connectivity index (χ4n) is 3.27. The lowest BCUT2D eigenvalue weighted by atomic mass is 10.2. The van der Waals surface area contributed by atoms with Crippen LogP contribution < -0.4 is 14.4 Å². The van der Waals surface area contributed by atoms with Gasteiger partial charge in [0.15, 0.2) is 0 Å². The number of para-hydroxylation sites is 1. The van der Waals surface area contributed by atoms with Crippen molar-refractivity contribution in [2.24, 2.45) is 0 Å². The average molecular weight is 515 g/mol. The number of hydrogen-bond acceptors (Lipinski definition) is 7. The molecule has 0 aliphatic rings. The summed E-state index contributed by atoms with van der Waals surface area (Å²) in [6.07, 6.45) is 1.90. The highest BCUT2D eigenvalue weighted by molar-refractivity contribution is 7.98. The van der Waals surface area contributed by atoms with Crippen LogP contribution >= 0.6 is 11.8 Å². The van der Waals surface area contributed by atoms with Crippen LogP contribution in [0, 0.1) is 0 Å². The van der Waals surface area contributed by atoms with Gasteiger partial charge < -0.3 is 14.8 Å². The molecule has 0 aliphatic heterocycles. The zero-order valence-electron chi connectivity index (χ0n) is 19.6. The van der Waals surface area contributed by atoms with Gasteiger partial charge in [-0.1, -0.05) is 12.1 Å². The molecule has 3 rings (SSSR count). The number of nitrogens with zero attached hydrogens (tertiary/aromatic N) is 1. The van der Waals surface area contributed by atoms with Gasteiger partial charge in [0.25, 0.3) is 10.0 Å². The maximum absolute atomic E-state index is 13.6. The topological polar surface area (TPSA) is 102 Å². The number of benzene rings is 3. The molecule has 0 radical (unpaired) electrons. The quantitative estimate of drug-likeness (QED) is 0.315. The van der Waals surface area contributed by atoms with E-state index in [9.17, 15) is 18.0 Å². The van der Waals surface area contributed by atoms with Crippen molar-refractivity contribution in [1.82, 2.24) is 0 Å². The van der Waals surface area contributed by atoms with E-state index in [1.165, 1.54) is 37.1 Å². The number of carbonyl (C=O) groups excluding carboxylic acids is 2. The monoisotopic (exact) mass is 514 g/mol. The Morgan fingerprint density at radius 2 is 1.63 bits per heavy atom. The normalized spacial score (nSPS) is 10.9. The lowest BCUT2D eigenvalue weighted by Crippen LogP contribution is -2.38. The number of ether oxygens (including phenoxy) is 2. The van der Waals surface area contributed by atoms with Gasteiger partial charge in [-0.05, 0) is 73.8 Å². The maximum atomic E-state index is 13.6. The molecule has 0 atom stereocenters. The Hall–Kier alpha value is -3.50. The van der Waals surface area contributed by atoms with Gasteiger partial charge in [-0.3, -0.25) is 9.10 Å². The van der Waals surface area contributed by atoms with Crippen molar-refractivity contribution in [1.29, 1.82) is 0 Å². The predicted molar refractivity (Wildman–Crippen MR) is 137 cm³/mol. The van der Waals surface area contributed by atoms with Gasteiger partial charge in [0.2, 0.25) is 5.91 Å². The Balaban J connectivity index is 1.95. The highest BCUT2D eigenvalue weighted by Gasteiger charge is 2.28. The smallest absolute Gasteiger partial charge is 0.339 e. The van der Waals surface area contributed by atoms with Crippen LogP contribution in [0.1, 0.15) is 17.3 Å². The number of rotatable bonds is 10. The summed E-state index contributed by atoms with van der Waals surface area (Å²) >= 11 is 1.49. The van der Waals surface area contributed by atoms with Crippen LogP contribution in [0.15, 0.2) is 82.6 Å². The number of nitrogens with one attached hydrogen (secondary N) is 1. The molecule has 0 unspecified atom stereocenters. The van der Waals surface area contributed by atoms with Gasteiger partial charge >= 0.3 is 5.97 Å². The maximum Gasteiger partial charge on any atom is 0.339 e. The Morgan fingerprint density at radius 1 is 0.971 bits per heavy atom. The van der Waals surface area contributed by atoms with Crippen molar-refractivity contribution < 1.29 is 27.5 Å². The van der Waals surface area contributed by atoms with Crippen molar-refractivity contribution in [2.75, 3.05) is 36.1 Å². The predicted octanol–water partition coefficient (Wildman–Crippen LogP) is 4.43. The van der Waals surface area contributed by atoms with E-state index < -0.39 is 28.4 Å². The number of amides is 1. The first-order chi connectivity index (χ1) is 16.8. The third-order valence-corrected chi connectivity index (χ3v) is 7.51. The molecule has 0 aromatic heterocycles. The molecule has 0 spiro atoms. The molecule has 3 aromatic carbocycles. The van der Waals surface area contributed by atoms with Crippen LogP contribution in [0.3, 0.4) is 0 Å². The standard InChI is InChI=1S/C25H26N2O6S2/c1-4-33-19-11-9-18(10-12-19)27(35(30,31)21-15-13-20(34-3)14-16-21)17-24(28)26-23-8-6-5-7-22(23)25(29)32-2/h5-16H,4,17H2,1-3H3,(H,26,28). The highest BCUT2D eigenvalue weighted by atomic mass is 32.2. The second kappa shape index (κ2) is 11.8. The van der Waals surface area contributed by atoms with E-state index in [1.807, 2.05) is 13.2 Å². The van der Waals surface area contributed by atoms with Gasteiger partial charge in [0, 0.05) is 4.90 Å². The number of sulfonamides is 1. The third-order valence-electron chi connectivity index (χ3n) is 4.98. The Kier molecular flexibility index (Phi) is 8.78. The summed E-state index contributed by atoms with van der Waals surface area (Å²) in [4.78, 5) is 26.0. The second-order valence-corrected chi connectivity index (χ2v) is 9.94. The van der Waals surface area contributed by atoms with Crippen molar-refractivity contribution in [3.63, 3.8) is 0 Å². The number of esters is 1. The van der Waals surface area contributed by atoms with Gasteiger partial charge in [-0.25, -0.2) is 13.2 Å². The minimum absolute atomic E-state index is 0.0481. The molecule has 184 valence electrons. The minimum atomic E-state index is -4.09. The van der Waals surface area contributed by atoms with E-state index in [0.717, 1.165) is 9.20 Å². The highest BCUT2D eigenvalue weighted by Crippen LogP contribution is 2.27. The zero-order valence-corrected chi connectivity index (χ0v) is 21.2. The summed E-state index contributed by atoms with van der Waals surface area (Å²) in [6, 6.07) is 19.2. The molecule has 8 nitrogen and oxygen atoms in total. The summed E-state index contributed by atoms with van der Waals surface area (Å²) in [7, 11) is -2.85. The van der Waals surface area contributed by atoms with Crippen LogP contribution in [-0.2, 0) is 19.6 Å². The number of thioether (sulfide) groups is 1. The summed E-state index contributed by atoms with van der Waals surface area (Å²) < 4.78 is 38.4. The molecule has 0 fully saturated rings. The molecule has 1 amide bonds. The van der Waals surface area contributed by atoms with Gasteiger partial charge in [0.1, 0.15) is 12.3 Å². The molecular formula is C25H26N2O6S2. The molecular weight excluding hydrogens is 488 g/mol. The Bertz CT molecular complexity index is 1280. The molecule has 1 N–H and O–H groups in total. The summed E-state index contributed by atoms with van der Waals surface area (Å²) in [5.41, 5.74) is 0.669. The zero-order chi connectivity index (χ0) is 25.4. The molecule has 3 aromatic rings. The van der Waals surface area contributed by atoms with Crippen molar-refractivity contribution in [2.45, 2.75) is 16.7 Å². The number of anilines is 2. The molecule has 0 aliphatic carbocycles. The van der Waals surface area contributed by atoms with Crippen LogP contribution in [-0.4, -0.2) is 46.8 Å². The largest absolute Gasteiger partial charge is 0.494 e. The molecule has 0 saturated carbocycles. The molecule has 10 heteroatoms. The Morgan fingerprint density at radius 3 is 2.23 bits per heavy atom. The molecule has 0 heterocycles. The second-order valence-electron chi connectivity index (χ2n) is 7.20. The van der Waals surface area contributed by atoms with Gasteiger partial charge in [-0.2, -0.15) is 0 Å². The SMILES string of the molecule is CCOc1ccc(N(CC(=O)Nc2ccccc2C(=O)OC)S(=O)(=O)c2ccc(SC)cc2)cc1. The minimum Gasteiger partial charge on any atom is -0.494 e. The van der Waals surface area contributed by atoms with Crippen LogP contribution in [0.4, 0.5) is 11.4 Å². The summed E-state index contributed by atoms with van der Waals surface area (Å²) in [5.74, 6) is -0.667. The summed E-state index contributed by atoms with van der Waals surface area (Å²) in [6.45, 7) is 1.79. The van der Waals surface area contributed by atoms with Crippen molar-refractivity contribution in [3.8, 4) is 5.75 Å². The lowest BCUT2D eigenvalue weighted by molar-refractivity contribution is -0.114. The molecule has 0 bridgehead atoms. The number of methoxy groups -OCH3 is 1. The van der Waals surface area contributed by atoms with E-state index >= 15 is 0 Å². The first kappa shape index (κ1) is 26.1. The first-order valence-corrected chi connectivity index (χ1v) is 13.3. The number of carbonyl (C=O) groups is 2. The van der Waals surface area contributed by atoms with Crippen LogP contribution in [0.25, 0.3) is 0 Å². The first-order valence-electron chi connectivity index (χ1n) is 10.7. The van der Waals surface area contributed by atoms with Crippen molar-refractivity contribution in [3.05, 3.63) is 78.4 Å². The molecule has 0 saturated heterocycles. The van der Waals surface area contributed by atoms with E-state index in [-0.39, 0.29) is 16.1 Å². The molecule has 35 heavy (non-hydrogen) atoms. The Labute approximate surface area is 209 Å². The van der Waals surface area contributed by atoms with E-state index in [4.69, 9.17) is 9.47 Å². The van der Waals surface area contributed by atoms with Gasteiger partial charge in [-0.15, -0.1) is 11.8 Å². The van der Waals surface area contributed by atoms with E-state index in [2.05, 4.69) is 5.32 Å². The fourth-order valence-corrected chi connectivity index (χ4v) is 5.09. The average Bonchev–Trinajstić information content (AvgIpc) is 2.88. The summed E-state index contributed by atoms with van der Waals surface area (Å²) in [5, 5.41) is 2.63. The van der Waals surface area contributed by atoms with E-state index in [0.29, 0.717) is 18.0 Å². The number of hydrogen-bond donors (Lipinski definition) is 1. The van der Waals surface area contributed by atoms with Gasteiger partial charge in [0.05, 0.1) is 35.6 Å².